The van der Waals surface area contributed by atoms with E-state index in [1.54, 1.807) is 11.3 Å². The second kappa shape index (κ2) is 7.52. The summed E-state index contributed by atoms with van der Waals surface area (Å²) in [5.41, 5.74) is 1.98. The Bertz CT molecular complexity index is 581. The number of aromatic nitrogens is 2. The van der Waals surface area contributed by atoms with E-state index in [0.717, 1.165) is 40.1 Å². The third-order valence-corrected chi connectivity index (χ3v) is 3.84. The van der Waals surface area contributed by atoms with Crippen LogP contribution in [-0.2, 0) is 13.2 Å². The fourth-order valence-corrected chi connectivity index (χ4v) is 2.66. The zero-order valence-corrected chi connectivity index (χ0v) is 14.0. The maximum Gasteiger partial charge on any atom is 0.142 e. The third-order valence-electron chi connectivity index (χ3n) is 2.96. The smallest absolute Gasteiger partial charge is 0.142 e. The Balaban J connectivity index is 2.00. The molecule has 114 valence electrons. The van der Waals surface area contributed by atoms with Crippen molar-refractivity contribution < 1.29 is 4.74 Å². The highest BCUT2D eigenvalue weighted by Crippen LogP contribution is 2.20. The number of thiazole rings is 1. The number of ether oxygens (including phenoxy) is 1. The van der Waals surface area contributed by atoms with Crippen molar-refractivity contribution in [3.05, 3.63) is 39.6 Å². The van der Waals surface area contributed by atoms with Crippen LogP contribution in [0, 0.1) is 19.8 Å². The van der Waals surface area contributed by atoms with Gasteiger partial charge in [-0.15, -0.1) is 11.3 Å². The van der Waals surface area contributed by atoms with Crippen molar-refractivity contribution in [3.63, 3.8) is 0 Å². The summed E-state index contributed by atoms with van der Waals surface area (Å²) in [6.45, 7) is 10.7. The van der Waals surface area contributed by atoms with E-state index in [4.69, 9.17) is 4.74 Å². The lowest BCUT2D eigenvalue weighted by Gasteiger charge is -2.12. The van der Waals surface area contributed by atoms with Crippen molar-refractivity contribution in [2.24, 2.45) is 5.92 Å². The first-order valence-corrected chi connectivity index (χ1v) is 8.07. The Hall–Kier alpha value is -1.46. The summed E-state index contributed by atoms with van der Waals surface area (Å²) in [5.74, 6) is 1.47. The van der Waals surface area contributed by atoms with Crippen LogP contribution >= 0.6 is 11.3 Å². The van der Waals surface area contributed by atoms with Crippen molar-refractivity contribution in [1.82, 2.24) is 15.3 Å². The predicted octanol–water partition coefficient (Wildman–Crippen LogP) is 3.48. The van der Waals surface area contributed by atoms with Crippen LogP contribution in [0.5, 0.6) is 5.75 Å². The fourth-order valence-electron chi connectivity index (χ4n) is 1.96. The molecule has 0 radical (unpaired) electrons. The summed E-state index contributed by atoms with van der Waals surface area (Å²) in [6.07, 6.45) is 1.87. The van der Waals surface area contributed by atoms with Gasteiger partial charge in [-0.2, -0.15) is 0 Å². The van der Waals surface area contributed by atoms with Gasteiger partial charge in [0.05, 0.1) is 15.6 Å². The van der Waals surface area contributed by atoms with Gasteiger partial charge in [-0.1, -0.05) is 13.8 Å². The first kappa shape index (κ1) is 15.9. The minimum atomic E-state index is 0.549. The molecule has 0 unspecified atom stereocenters. The monoisotopic (exact) mass is 305 g/mol. The first-order valence-electron chi connectivity index (χ1n) is 7.26. The second-order valence-corrected chi connectivity index (χ2v) is 6.88. The molecule has 0 fully saturated rings. The Labute approximate surface area is 130 Å². The molecule has 0 saturated heterocycles. The molecule has 4 nitrogen and oxygen atoms in total. The zero-order chi connectivity index (χ0) is 15.2. The van der Waals surface area contributed by atoms with Gasteiger partial charge in [0, 0.05) is 18.4 Å². The Kier molecular flexibility index (Phi) is 5.70. The largest absolute Gasteiger partial charge is 0.486 e. The van der Waals surface area contributed by atoms with E-state index in [-0.39, 0.29) is 0 Å². The van der Waals surface area contributed by atoms with Crippen LogP contribution in [0.1, 0.15) is 35.1 Å². The molecule has 21 heavy (non-hydrogen) atoms. The van der Waals surface area contributed by atoms with Crippen LogP contribution in [0.4, 0.5) is 0 Å². The van der Waals surface area contributed by atoms with Crippen LogP contribution in [0.3, 0.4) is 0 Å². The molecule has 0 aliphatic heterocycles. The summed E-state index contributed by atoms with van der Waals surface area (Å²) in [4.78, 5) is 9.97. The quantitative estimate of drug-likeness (QED) is 0.851. The normalized spacial score (nSPS) is 11.1. The molecule has 0 spiro atoms. The van der Waals surface area contributed by atoms with Gasteiger partial charge in [0.25, 0.3) is 0 Å². The van der Waals surface area contributed by atoms with E-state index in [1.807, 2.05) is 32.2 Å². The maximum atomic E-state index is 5.92. The van der Waals surface area contributed by atoms with Gasteiger partial charge in [0.1, 0.15) is 12.4 Å². The van der Waals surface area contributed by atoms with E-state index in [0.29, 0.717) is 12.5 Å². The number of hydrogen-bond acceptors (Lipinski definition) is 5. The van der Waals surface area contributed by atoms with Crippen LogP contribution in [0.15, 0.2) is 18.3 Å². The molecule has 2 rings (SSSR count). The Morgan fingerprint density at radius 1 is 1.29 bits per heavy atom. The molecule has 0 bridgehead atoms. The van der Waals surface area contributed by atoms with Crippen molar-refractivity contribution >= 4 is 11.3 Å². The van der Waals surface area contributed by atoms with Gasteiger partial charge in [-0.25, -0.2) is 4.98 Å². The molecule has 5 heteroatoms. The molecule has 1 N–H and O–H groups in total. The predicted molar refractivity (Wildman–Crippen MR) is 86.7 cm³/mol. The van der Waals surface area contributed by atoms with Crippen LogP contribution in [0.25, 0.3) is 0 Å². The van der Waals surface area contributed by atoms with Crippen LogP contribution in [-0.4, -0.2) is 16.5 Å². The molecule has 0 saturated carbocycles. The summed E-state index contributed by atoms with van der Waals surface area (Å²) < 4.78 is 5.92. The summed E-state index contributed by atoms with van der Waals surface area (Å²) >= 11 is 1.67. The van der Waals surface area contributed by atoms with Crippen molar-refractivity contribution in [2.45, 2.75) is 40.8 Å². The summed E-state index contributed by atoms with van der Waals surface area (Å²) in [5, 5.41) is 4.48. The number of aryl methyl sites for hydroxylation is 2. The molecule has 0 atom stereocenters. The minimum absolute atomic E-state index is 0.549. The minimum Gasteiger partial charge on any atom is -0.486 e. The highest BCUT2D eigenvalue weighted by molar-refractivity contribution is 7.11. The molecule has 0 amide bonds. The molecule has 2 heterocycles. The van der Waals surface area contributed by atoms with Crippen molar-refractivity contribution in [1.29, 1.82) is 0 Å². The van der Waals surface area contributed by atoms with E-state index in [2.05, 4.69) is 29.1 Å². The molecular formula is C16H23N3OS. The van der Waals surface area contributed by atoms with Gasteiger partial charge in [0.15, 0.2) is 0 Å². The van der Waals surface area contributed by atoms with Gasteiger partial charge in [-0.3, -0.25) is 4.98 Å². The second-order valence-electron chi connectivity index (χ2n) is 5.56. The summed E-state index contributed by atoms with van der Waals surface area (Å²) in [6, 6.07) is 3.99. The van der Waals surface area contributed by atoms with Gasteiger partial charge < -0.3 is 10.1 Å². The lowest BCUT2D eigenvalue weighted by molar-refractivity contribution is 0.303. The van der Waals surface area contributed by atoms with E-state index in [1.165, 1.54) is 0 Å². The highest BCUT2D eigenvalue weighted by atomic mass is 32.1. The van der Waals surface area contributed by atoms with E-state index < -0.39 is 0 Å². The first-order chi connectivity index (χ1) is 10.0. The number of nitrogens with zero attached hydrogens (tertiary/aromatic N) is 2. The average molecular weight is 305 g/mol. The zero-order valence-electron chi connectivity index (χ0n) is 13.1. The topological polar surface area (TPSA) is 47.0 Å². The molecule has 2 aromatic rings. The van der Waals surface area contributed by atoms with Gasteiger partial charge in [-0.05, 0) is 38.4 Å². The number of rotatable bonds is 7. The standard InChI is InChI=1S/C16H23N3OS/c1-11(2)7-17-9-15-16(6-5-12(3)19-15)20-10-14-8-18-13(4)21-14/h5-6,8,11,17H,7,9-10H2,1-4H3. The van der Waals surface area contributed by atoms with E-state index >= 15 is 0 Å². The SMILES string of the molecule is Cc1ccc(OCc2cnc(C)s2)c(CNCC(C)C)n1. The number of pyridine rings is 1. The molecular weight excluding hydrogens is 282 g/mol. The lowest BCUT2D eigenvalue weighted by Crippen LogP contribution is -2.20. The maximum absolute atomic E-state index is 5.92. The van der Waals surface area contributed by atoms with E-state index in [9.17, 15) is 0 Å². The fraction of sp³-hybridized carbons (Fsp3) is 0.500. The molecule has 0 aliphatic carbocycles. The Morgan fingerprint density at radius 3 is 2.76 bits per heavy atom. The van der Waals surface area contributed by atoms with Gasteiger partial charge >= 0.3 is 0 Å². The van der Waals surface area contributed by atoms with Crippen molar-refractivity contribution in [2.75, 3.05) is 6.54 Å². The molecule has 0 aromatic carbocycles. The highest BCUT2D eigenvalue weighted by Gasteiger charge is 2.08. The molecule has 0 aliphatic rings. The molecule has 2 aromatic heterocycles. The third kappa shape index (κ3) is 5.10. The van der Waals surface area contributed by atoms with Crippen molar-refractivity contribution in [3.8, 4) is 5.75 Å². The van der Waals surface area contributed by atoms with Gasteiger partial charge in [0.2, 0.25) is 0 Å². The number of hydrogen-bond donors (Lipinski definition) is 1. The van der Waals surface area contributed by atoms with Crippen LogP contribution in [0.2, 0.25) is 0 Å². The summed E-state index contributed by atoms with van der Waals surface area (Å²) in [7, 11) is 0. The van der Waals surface area contributed by atoms with Crippen LogP contribution < -0.4 is 10.1 Å². The average Bonchev–Trinajstić information content (AvgIpc) is 2.83. The lowest BCUT2D eigenvalue weighted by atomic mass is 10.2. The Morgan fingerprint density at radius 2 is 2.10 bits per heavy atom. The number of nitrogens with one attached hydrogen (secondary N) is 1.